The van der Waals surface area contributed by atoms with Gasteiger partial charge in [0.1, 0.15) is 0 Å². The first-order chi connectivity index (χ1) is 9.58. The van der Waals surface area contributed by atoms with Crippen molar-refractivity contribution in [2.24, 2.45) is 4.99 Å². The maximum absolute atomic E-state index is 12.1. The molecule has 2 N–H and O–H groups in total. The molecule has 0 spiro atoms. The van der Waals surface area contributed by atoms with Crippen molar-refractivity contribution in [3.05, 3.63) is 33.9 Å². The number of rotatable bonds is 3. The maximum atomic E-state index is 12.1. The first-order valence-corrected chi connectivity index (χ1v) is 6.42. The van der Waals surface area contributed by atoms with Crippen LogP contribution in [0.2, 0.25) is 0 Å². The summed E-state index contributed by atoms with van der Waals surface area (Å²) >= 11 is 0. The Morgan fingerprint density at radius 3 is 3.00 bits per heavy atom. The van der Waals surface area contributed by atoms with E-state index in [4.69, 9.17) is 0 Å². The second-order valence-corrected chi connectivity index (χ2v) is 4.57. The maximum Gasteiger partial charge on any atom is 0.290 e. The molecule has 1 amide bonds. The number of nitro benzene ring substituents is 1. The van der Waals surface area contributed by atoms with Crippen molar-refractivity contribution in [2.75, 3.05) is 18.4 Å². The van der Waals surface area contributed by atoms with Gasteiger partial charge in [-0.15, -0.1) is 0 Å². The van der Waals surface area contributed by atoms with Gasteiger partial charge in [-0.2, -0.15) is 0 Å². The van der Waals surface area contributed by atoms with E-state index >= 15 is 0 Å². The standard InChI is InChI=1S/C13H16N4O3/c1-9-4-5-10(17(19)20)8-11(9)16-13(18)12-14-6-2-3-7-15-12/h4-5,8H,2-3,6-7H2,1H3,(H,14,15)(H,16,18). The fraction of sp³-hybridized carbons (Fsp3) is 0.385. The molecule has 2 rings (SSSR count). The molecule has 1 aliphatic rings. The van der Waals surface area contributed by atoms with Gasteiger partial charge in [-0.25, -0.2) is 0 Å². The zero-order valence-electron chi connectivity index (χ0n) is 11.2. The predicted octanol–water partition coefficient (Wildman–Crippen LogP) is 1.62. The molecule has 0 aromatic heterocycles. The highest BCUT2D eigenvalue weighted by atomic mass is 16.6. The monoisotopic (exact) mass is 276 g/mol. The zero-order chi connectivity index (χ0) is 14.5. The lowest BCUT2D eigenvalue weighted by Crippen LogP contribution is -2.35. The Morgan fingerprint density at radius 1 is 1.45 bits per heavy atom. The highest BCUT2D eigenvalue weighted by Gasteiger charge is 2.16. The fourth-order valence-electron chi connectivity index (χ4n) is 1.88. The van der Waals surface area contributed by atoms with Gasteiger partial charge >= 0.3 is 0 Å². The summed E-state index contributed by atoms with van der Waals surface area (Å²) in [4.78, 5) is 26.5. The lowest BCUT2D eigenvalue weighted by atomic mass is 10.2. The van der Waals surface area contributed by atoms with Gasteiger partial charge in [0.25, 0.3) is 11.6 Å². The molecule has 7 heteroatoms. The van der Waals surface area contributed by atoms with Crippen LogP contribution < -0.4 is 10.6 Å². The van der Waals surface area contributed by atoms with Crippen molar-refractivity contribution in [3.63, 3.8) is 0 Å². The third kappa shape index (κ3) is 3.31. The molecule has 0 unspecified atom stereocenters. The summed E-state index contributed by atoms with van der Waals surface area (Å²) in [5.41, 5.74) is 1.14. The number of aliphatic imine (C=N–C) groups is 1. The lowest BCUT2D eigenvalue weighted by Gasteiger charge is -2.10. The van der Waals surface area contributed by atoms with Crippen LogP contribution in [0.5, 0.6) is 0 Å². The Hall–Kier alpha value is -2.44. The summed E-state index contributed by atoms with van der Waals surface area (Å²) in [7, 11) is 0. The molecule has 0 saturated heterocycles. The fourth-order valence-corrected chi connectivity index (χ4v) is 1.88. The third-order valence-corrected chi connectivity index (χ3v) is 3.04. The Labute approximate surface area is 116 Å². The summed E-state index contributed by atoms with van der Waals surface area (Å²) in [5, 5.41) is 16.4. The summed E-state index contributed by atoms with van der Waals surface area (Å²) in [6, 6.07) is 4.37. The minimum atomic E-state index is -0.490. The minimum absolute atomic E-state index is 0.0540. The van der Waals surface area contributed by atoms with Crippen molar-refractivity contribution in [2.45, 2.75) is 19.8 Å². The Balaban J connectivity index is 2.16. The molecule has 0 bridgehead atoms. The molecule has 7 nitrogen and oxygen atoms in total. The highest BCUT2D eigenvalue weighted by molar-refractivity contribution is 6.42. The number of carbonyl (C=O) groups excluding carboxylic acids is 1. The average molecular weight is 276 g/mol. The van der Waals surface area contributed by atoms with Crippen molar-refractivity contribution in [1.82, 2.24) is 5.32 Å². The number of anilines is 1. The predicted molar refractivity (Wildman–Crippen MR) is 76.0 cm³/mol. The third-order valence-electron chi connectivity index (χ3n) is 3.04. The Kier molecular flexibility index (Phi) is 4.29. The number of amides is 1. The number of hydrogen-bond acceptors (Lipinski definition) is 5. The molecular weight excluding hydrogens is 260 g/mol. The van der Waals surface area contributed by atoms with Crippen LogP contribution in [0.4, 0.5) is 11.4 Å². The highest BCUT2D eigenvalue weighted by Crippen LogP contribution is 2.21. The Morgan fingerprint density at radius 2 is 2.25 bits per heavy atom. The number of amidine groups is 1. The molecule has 20 heavy (non-hydrogen) atoms. The van der Waals surface area contributed by atoms with Crippen molar-refractivity contribution < 1.29 is 9.72 Å². The smallest absolute Gasteiger partial charge is 0.290 e. The molecule has 1 aromatic rings. The summed E-state index contributed by atoms with van der Waals surface area (Å²) in [6.07, 6.45) is 1.91. The average Bonchev–Trinajstić information content (AvgIpc) is 2.70. The van der Waals surface area contributed by atoms with Gasteiger partial charge < -0.3 is 10.6 Å². The van der Waals surface area contributed by atoms with Crippen molar-refractivity contribution in [3.8, 4) is 0 Å². The van der Waals surface area contributed by atoms with Crippen LogP contribution in [0, 0.1) is 17.0 Å². The number of aryl methyl sites for hydroxylation is 1. The van der Waals surface area contributed by atoms with E-state index in [1.54, 1.807) is 13.0 Å². The van der Waals surface area contributed by atoms with Crippen molar-refractivity contribution >= 4 is 23.1 Å². The lowest BCUT2D eigenvalue weighted by molar-refractivity contribution is -0.384. The quantitative estimate of drug-likeness (QED) is 0.647. The minimum Gasteiger partial charge on any atom is -0.366 e. The van der Waals surface area contributed by atoms with Crippen LogP contribution in [0.1, 0.15) is 18.4 Å². The van der Waals surface area contributed by atoms with E-state index in [-0.39, 0.29) is 17.4 Å². The molecule has 0 saturated carbocycles. The van der Waals surface area contributed by atoms with Crippen LogP contribution in [0.15, 0.2) is 23.2 Å². The molecule has 0 atom stereocenters. The number of nitrogens with one attached hydrogen (secondary N) is 2. The SMILES string of the molecule is Cc1ccc([N+](=O)[O-])cc1NC(=O)C1=NCCCCN1. The van der Waals surface area contributed by atoms with E-state index in [1.165, 1.54) is 12.1 Å². The normalized spacial score (nSPS) is 14.8. The topological polar surface area (TPSA) is 96.6 Å². The van der Waals surface area contributed by atoms with E-state index < -0.39 is 4.92 Å². The van der Waals surface area contributed by atoms with E-state index in [0.29, 0.717) is 18.8 Å². The molecule has 1 aliphatic heterocycles. The molecule has 106 valence electrons. The number of hydrogen-bond donors (Lipinski definition) is 2. The first-order valence-electron chi connectivity index (χ1n) is 6.42. The van der Waals surface area contributed by atoms with Gasteiger partial charge in [0.05, 0.1) is 10.6 Å². The molecule has 0 radical (unpaired) electrons. The Bertz CT molecular complexity index is 569. The number of nitro groups is 1. The second kappa shape index (κ2) is 6.14. The molecule has 1 aromatic carbocycles. The van der Waals surface area contributed by atoms with E-state index in [2.05, 4.69) is 15.6 Å². The van der Waals surface area contributed by atoms with Gasteiger partial charge in [-0.3, -0.25) is 19.9 Å². The zero-order valence-corrected chi connectivity index (χ0v) is 11.2. The molecular formula is C13H16N4O3. The largest absolute Gasteiger partial charge is 0.366 e. The van der Waals surface area contributed by atoms with Crippen molar-refractivity contribution in [1.29, 1.82) is 0 Å². The van der Waals surface area contributed by atoms with Crippen LogP contribution in [0.3, 0.4) is 0 Å². The molecule has 1 heterocycles. The van der Waals surface area contributed by atoms with Gasteiger partial charge in [-0.1, -0.05) is 6.07 Å². The van der Waals surface area contributed by atoms with Crippen LogP contribution in [-0.2, 0) is 4.79 Å². The van der Waals surface area contributed by atoms with Gasteiger partial charge in [0.15, 0.2) is 5.84 Å². The van der Waals surface area contributed by atoms with E-state index in [1.807, 2.05) is 0 Å². The van der Waals surface area contributed by atoms with Gasteiger partial charge in [0, 0.05) is 25.2 Å². The first kappa shape index (κ1) is 14.0. The van der Waals surface area contributed by atoms with Gasteiger partial charge in [0.2, 0.25) is 0 Å². The van der Waals surface area contributed by atoms with Crippen LogP contribution in [0.25, 0.3) is 0 Å². The summed E-state index contributed by atoms with van der Waals surface area (Å²) in [5.74, 6) is -0.0797. The van der Waals surface area contributed by atoms with Crippen LogP contribution in [-0.4, -0.2) is 29.8 Å². The van der Waals surface area contributed by atoms with Gasteiger partial charge in [-0.05, 0) is 25.3 Å². The van der Waals surface area contributed by atoms with Crippen LogP contribution >= 0.6 is 0 Å². The molecule has 0 fully saturated rings. The van der Waals surface area contributed by atoms with E-state index in [9.17, 15) is 14.9 Å². The number of benzene rings is 1. The molecule has 0 aliphatic carbocycles. The number of nitrogens with zero attached hydrogens (tertiary/aromatic N) is 2. The van der Waals surface area contributed by atoms with E-state index in [0.717, 1.165) is 18.4 Å². The second-order valence-electron chi connectivity index (χ2n) is 4.57. The number of carbonyl (C=O) groups is 1. The summed E-state index contributed by atoms with van der Waals surface area (Å²) in [6.45, 7) is 3.10. The summed E-state index contributed by atoms with van der Waals surface area (Å²) < 4.78 is 0. The number of non-ortho nitro benzene ring substituents is 1.